The van der Waals surface area contributed by atoms with Crippen molar-refractivity contribution < 1.29 is 9.72 Å². The fourth-order valence-corrected chi connectivity index (χ4v) is 2.96. The molecular formula is C14H18BrN3O3. The summed E-state index contributed by atoms with van der Waals surface area (Å²) in [5.74, 6) is -0.152. The normalized spacial score (nSPS) is 17.7. The number of nitro groups is 1. The van der Waals surface area contributed by atoms with E-state index >= 15 is 0 Å². The molecule has 0 aliphatic carbocycles. The van der Waals surface area contributed by atoms with Gasteiger partial charge in [0.15, 0.2) is 0 Å². The molecule has 1 unspecified atom stereocenters. The minimum absolute atomic E-state index is 0.0671. The van der Waals surface area contributed by atoms with Crippen LogP contribution >= 0.6 is 15.9 Å². The highest BCUT2D eigenvalue weighted by atomic mass is 79.9. The first-order valence-electron chi connectivity index (χ1n) is 7.00. The zero-order valence-corrected chi connectivity index (χ0v) is 13.4. The summed E-state index contributed by atoms with van der Waals surface area (Å²) in [6, 6.07) is 4.45. The van der Waals surface area contributed by atoms with Crippen molar-refractivity contribution in [2.24, 2.45) is 0 Å². The lowest BCUT2D eigenvalue weighted by Crippen LogP contribution is -2.42. The Labute approximate surface area is 131 Å². The minimum Gasteiger partial charge on any atom is -0.334 e. The number of nitro benzene ring substituents is 1. The third-order valence-corrected chi connectivity index (χ3v) is 4.28. The molecule has 2 rings (SSSR count). The molecule has 1 aromatic rings. The van der Waals surface area contributed by atoms with Gasteiger partial charge in [0.25, 0.3) is 11.6 Å². The summed E-state index contributed by atoms with van der Waals surface area (Å²) in [5.41, 5.74) is 0.284. The van der Waals surface area contributed by atoms with Gasteiger partial charge in [-0.25, -0.2) is 0 Å². The summed E-state index contributed by atoms with van der Waals surface area (Å²) in [7, 11) is 0. The molecule has 1 fully saturated rings. The predicted octanol–water partition coefficient (Wildman–Crippen LogP) is 2.57. The second-order valence-corrected chi connectivity index (χ2v) is 5.92. The number of benzene rings is 1. The van der Waals surface area contributed by atoms with E-state index in [4.69, 9.17) is 0 Å². The SMILES string of the molecule is CCCN(C(=O)c1cc([N+](=O)[O-])ccc1Br)C1CCNC1. The van der Waals surface area contributed by atoms with Crippen LogP contribution in [0.15, 0.2) is 22.7 Å². The van der Waals surface area contributed by atoms with Crippen molar-refractivity contribution in [1.29, 1.82) is 0 Å². The molecule has 1 heterocycles. The monoisotopic (exact) mass is 355 g/mol. The predicted molar refractivity (Wildman–Crippen MR) is 83.4 cm³/mol. The first-order valence-corrected chi connectivity index (χ1v) is 7.79. The van der Waals surface area contributed by atoms with Crippen molar-refractivity contribution in [3.8, 4) is 0 Å². The van der Waals surface area contributed by atoms with Crippen LogP contribution in [0, 0.1) is 10.1 Å². The van der Waals surface area contributed by atoms with Crippen molar-refractivity contribution >= 4 is 27.5 Å². The lowest BCUT2D eigenvalue weighted by atomic mass is 10.1. The van der Waals surface area contributed by atoms with Crippen LogP contribution in [-0.2, 0) is 0 Å². The lowest BCUT2D eigenvalue weighted by Gasteiger charge is -2.28. The number of non-ortho nitro benzene ring substituents is 1. The number of halogens is 1. The number of carbonyl (C=O) groups is 1. The molecular weight excluding hydrogens is 338 g/mol. The first kappa shape index (κ1) is 15.9. The van der Waals surface area contributed by atoms with Crippen molar-refractivity contribution in [2.75, 3.05) is 19.6 Å². The highest BCUT2D eigenvalue weighted by Crippen LogP contribution is 2.25. The summed E-state index contributed by atoms with van der Waals surface area (Å²) < 4.78 is 0.588. The van der Waals surface area contributed by atoms with E-state index in [1.807, 2.05) is 11.8 Å². The van der Waals surface area contributed by atoms with Crippen LogP contribution in [0.3, 0.4) is 0 Å². The van der Waals surface area contributed by atoms with E-state index in [2.05, 4.69) is 21.2 Å². The third kappa shape index (κ3) is 3.59. The molecule has 0 aromatic heterocycles. The average Bonchev–Trinajstić information content (AvgIpc) is 2.98. The van der Waals surface area contributed by atoms with Crippen LogP contribution in [-0.4, -0.2) is 41.4 Å². The van der Waals surface area contributed by atoms with Crippen LogP contribution < -0.4 is 5.32 Å². The summed E-state index contributed by atoms with van der Waals surface area (Å²) in [6.45, 7) is 4.35. The van der Waals surface area contributed by atoms with Crippen LogP contribution in [0.25, 0.3) is 0 Å². The number of nitrogens with one attached hydrogen (secondary N) is 1. The highest BCUT2D eigenvalue weighted by molar-refractivity contribution is 9.10. The zero-order valence-electron chi connectivity index (χ0n) is 11.8. The van der Waals surface area contributed by atoms with Crippen molar-refractivity contribution in [3.63, 3.8) is 0 Å². The van der Waals surface area contributed by atoms with Crippen molar-refractivity contribution in [1.82, 2.24) is 10.2 Å². The number of carbonyl (C=O) groups excluding carboxylic acids is 1. The number of hydrogen-bond donors (Lipinski definition) is 1. The van der Waals surface area contributed by atoms with E-state index in [-0.39, 0.29) is 17.6 Å². The Hall–Kier alpha value is -1.47. The van der Waals surface area contributed by atoms with Crippen molar-refractivity contribution in [3.05, 3.63) is 38.3 Å². The number of amides is 1. The molecule has 0 saturated carbocycles. The molecule has 0 radical (unpaired) electrons. The average molecular weight is 356 g/mol. The van der Waals surface area contributed by atoms with Gasteiger partial charge in [-0.3, -0.25) is 14.9 Å². The van der Waals surface area contributed by atoms with Gasteiger partial charge in [-0.05, 0) is 41.4 Å². The Morgan fingerprint density at radius 1 is 1.57 bits per heavy atom. The van der Waals surface area contributed by atoms with E-state index in [9.17, 15) is 14.9 Å². The largest absolute Gasteiger partial charge is 0.334 e. The van der Waals surface area contributed by atoms with Crippen LogP contribution in [0.4, 0.5) is 5.69 Å². The van der Waals surface area contributed by atoms with Gasteiger partial charge in [0.1, 0.15) is 0 Å². The van der Waals surface area contributed by atoms with Crippen molar-refractivity contribution in [2.45, 2.75) is 25.8 Å². The Morgan fingerprint density at radius 3 is 2.90 bits per heavy atom. The van der Waals surface area contributed by atoms with Gasteiger partial charge in [-0.15, -0.1) is 0 Å². The second-order valence-electron chi connectivity index (χ2n) is 5.07. The number of rotatable bonds is 5. The second kappa shape index (κ2) is 7.00. The topological polar surface area (TPSA) is 75.5 Å². The molecule has 6 nitrogen and oxygen atoms in total. The molecule has 0 spiro atoms. The summed E-state index contributed by atoms with van der Waals surface area (Å²) in [5, 5.41) is 14.1. The van der Waals surface area contributed by atoms with E-state index in [0.29, 0.717) is 16.6 Å². The standard InChI is InChI=1S/C14H18BrN3O3/c1-2-7-17(11-5-6-16-9-11)14(19)12-8-10(18(20)21)3-4-13(12)15/h3-4,8,11,16H,2,5-7,9H2,1H3. The molecule has 21 heavy (non-hydrogen) atoms. The Bertz CT molecular complexity index is 544. The lowest BCUT2D eigenvalue weighted by molar-refractivity contribution is -0.384. The smallest absolute Gasteiger partial charge is 0.270 e. The maximum absolute atomic E-state index is 12.8. The molecule has 1 amide bonds. The van der Waals surface area contributed by atoms with Gasteiger partial charge in [0, 0.05) is 35.7 Å². The van der Waals surface area contributed by atoms with Crippen LogP contribution in [0.2, 0.25) is 0 Å². The van der Waals surface area contributed by atoms with Gasteiger partial charge in [-0.1, -0.05) is 6.92 Å². The Morgan fingerprint density at radius 2 is 2.33 bits per heavy atom. The molecule has 1 saturated heterocycles. The van der Waals surface area contributed by atoms with Gasteiger partial charge < -0.3 is 10.2 Å². The zero-order chi connectivity index (χ0) is 15.4. The van der Waals surface area contributed by atoms with E-state index < -0.39 is 4.92 Å². The molecule has 1 atom stereocenters. The van der Waals surface area contributed by atoms with Gasteiger partial charge in [0.05, 0.1) is 10.5 Å². The quantitative estimate of drug-likeness (QED) is 0.650. The molecule has 7 heteroatoms. The molecule has 1 aliphatic heterocycles. The van der Waals surface area contributed by atoms with E-state index in [1.165, 1.54) is 12.1 Å². The number of hydrogen-bond acceptors (Lipinski definition) is 4. The minimum atomic E-state index is -0.482. The fourth-order valence-electron chi connectivity index (χ4n) is 2.54. The number of nitrogens with zero attached hydrogens (tertiary/aromatic N) is 2. The van der Waals surface area contributed by atoms with E-state index in [1.54, 1.807) is 6.07 Å². The van der Waals surface area contributed by atoms with Gasteiger partial charge in [-0.2, -0.15) is 0 Å². The van der Waals surface area contributed by atoms with Gasteiger partial charge in [0.2, 0.25) is 0 Å². The fraction of sp³-hybridized carbons (Fsp3) is 0.500. The summed E-state index contributed by atoms with van der Waals surface area (Å²) in [6.07, 6.45) is 1.77. The molecule has 1 aliphatic rings. The molecule has 114 valence electrons. The van der Waals surface area contributed by atoms with Crippen LogP contribution in [0.1, 0.15) is 30.1 Å². The first-order chi connectivity index (χ1) is 10.0. The maximum Gasteiger partial charge on any atom is 0.270 e. The third-order valence-electron chi connectivity index (χ3n) is 3.59. The Balaban J connectivity index is 2.31. The van der Waals surface area contributed by atoms with Gasteiger partial charge >= 0.3 is 0 Å². The molecule has 1 N–H and O–H groups in total. The van der Waals surface area contributed by atoms with E-state index in [0.717, 1.165) is 25.9 Å². The Kier molecular flexibility index (Phi) is 5.30. The maximum atomic E-state index is 12.8. The highest BCUT2D eigenvalue weighted by Gasteiger charge is 2.28. The summed E-state index contributed by atoms with van der Waals surface area (Å²) in [4.78, 5) is 25.0. The molecule has 0 bridgehead atoms. The summed E-state index contributed by atoms with van der Waals surface area (Å²) >= 11 is 3.32. The van der Waals surface area contributed by atoms with Crippen LogP contribution in [0.5, 0.6) is 0 Å². The molecule has 1 aromatic carbocycles.